The van der Waals surface area contributed by atoms with Crippen molar-refractivity contribution in [2.45, 2.75) is 45.9 Å². The van der Waals surface area contributed by atoms with E-state index in [4.69, 9.17) is 9.47 Å². The van der Waals surface area contributed by atoms with Gasteiger partial charge in [0, 0.05) is 0 Å². The highest BCUT2D eigenvalue weighted by Crippen LogP contribution is 2.12. The van der Waals surface area contributed by atoms with Crippen LogP contribution in [0.4, 0.5) is 4.79 Å². The van der Waals surface area contributed by atoms with E-state index < -0.39 is 35.6 Å². The number of methoxy groups -OCH3 is 1. The number of amides is 1. The Labute approximate surface area is 147 Å². The molecule has 0 unspecified atom stereocenters. The third kappa shape index (κ3) is 7.24. The van der Waals surface area contributed by atoms with Crippen LogP contribution < -0.4 is 5.32 Å². The Kier molecular flexibility index (Phi) is 7.42. The quantitative estimate of drug-likeness (QED) is 0.625. The molecule has 0 bridgehead atoms. The van der Waals surface area contributed by atoms with Crippen LogP contribution in [0.15, 0.2) is 30.3 Å². The van der Waals surface area contributed by atoms with Crippen LogP contribution in [0.2, 0.25) is 0 Å². The molecule has 1 N–H and O–H groups in total. The Hall–Kier alpha value is -2.57. The van der Waals surface area contributed by atoms with Gasteiger partial charge in [-0.25, -0.2) is 9.59 Å². The van der Waals surface area contributed by atoms with E-state index in [1.165, 1.54) is 14.0 Å². The van der Waals surface area contributed by atoms with Gasteiger partial charge < -0.3 is 19.5 Å². The summed E-state index contributed by atoms with van der Waals surface area (Å²) in [5, 5.41) is 2.37. The van der Waals surface area contributed by atoms with Gasteiger partial charge in [0.2, 0.25) is 0 Å². The van der Waals surface area contributed by atoms with Crippen LogP contribution in [0.5, 0.6) is 0 Å². The molecule has 138 valence electrons. The van der Waals surface area contributed by atoms with Gasteiger partial charge in [-0.2, -0.15) is 0 Å². The molecule has 0 aliphatic rings. The van der Waals surface area contributed by atoms with Crippen molar-refractivity contribution in [1.82, 2.24) is 5.32 Å². The molecule has 2 atom stereocenters. The van der Waals surface area contributed by atoms with Crippen molar-refractivity contribution in [2.24, 2.45) is 5.92 Å². The van der Waals surface area contributed by atoms with E-state index in [2.05, 4.69) is 10.1 Å². The average molecular weight is 351 g/mol. The van der Waals surface area contributed by atoms with Gasteiger partial charge in [-0.15, -0.1) is 0 Å². The fourth-order valence-electron chi connectivity index (χ4n) is 1.95. The number of ether oxygens (including phenoxy) is 3. The van der Waals surface area contributed by atoms with E-state index >= 15 is 0 Å². The molecule has 0 heterocycles. The summed E-state index contributed by atoms with van der Waals surface area (Å²) in [6.07, 6.45) is -0.814. The first-order valence-electron chi connectivity index (χ1n) is 7.92. The Morgan fingerprint density at radius 1 is 1.08 bits per heavy atom. The Bertz CT molecular complexity index is 593. The lowest BCUT2D eigenvalue weighted by atomic mass is 10.0. The van der Waals surface area contributed by atoms with Gasteiger partial charge in [0.1, 0.15) is 18.2 Å². The first-order chi connectivity index (χ1) is 11.6. The van der Waals surface area contributed by atoms with Crippen LogP contribution in [-0.4, -0.2) is 36.8 Å². The van der Waals surface area contributed by atoms with Crippen molar-refractivity contribution < 1.29 is 28.6 Å². The van der Waals surface area contributed by atoms with Crippen molar-refractivity contribution in [3.05, 3.63) is 35.9 Å². The maximum atomic E-state index is 12.2. The number of rotatable bonds is 6. The van der Waals surface area contributed by atoms with Gasteiger partial charge >= 0.3 is 18.0 Å². The summed E-state index contributed by atoms with van der Waals surface area (Å²) in [5.41, 5.74) is 0.0831. The van der Waals surface area contributed by atoms with E-state index in [9.17, 15) is 14.4 Å². The number of hydrogen-bond acceptors (Lipinski definition) is 6. The molecule has 0 spiro atoms. The van der Waals surface area contributed by atoms with Crippen molar-refractivity contribution in [3.63, 3.8) is 0 Å². The molecule has 7 nitrogen and oxygen atoms in total. The highest BCUT2D eigenvalue weighted by Gasteiger charge is 2.35. The van der Waals surface area contributed by atoms with Crippen molar-refractivity contribution in [3.8, 4) is 0 Å². The summed E-state index contributed by atoms with van der Waals surface area (Å²) in [6, 6.07) is 7.93. The summed E-state index contributed by atoms with van der Waals surface area (Å²) in [4.78, 5) is 36.1. The zero-order valence-corrected chi connectivity index (χ0v) is 15.2. The summed E-state index contributed by atoms with van der Waals surface area (Å²) in [6.45, 7) is 6.63. The van der Waals surface area contributed by atoms with E-state index in [0.717, 1.165) is 5.56 Å². The number of nitrogens with one attached hydrogen (secondary N) is 1. The Morgan fingerprint density at radius 3 is 2.20 bits per heavy atom. The zero-order valence-electron chi connectivity index (χ0n) is 15.2. The van der Waals surface area contributed by atoms with E-state index in [1.54, 1.807) is 20.8 Å². The SMILES string of the molecule is COC(=O)[C@@H](NC(=O)OC(C)(C)C)[C@H](C)C(=O)OCc1ccccc1. The molecule has 25 heavy (non-hydrogen) atoms. The molecule has 0 radical (unpaired) electrons. The minimum atomic E-state index is -1.21. The molecule has 0 fully saturated rings. The second-order valence-corrected chi connectivity index (χ2v) is 6.53. The van der Waals surface area contributed by atoms with E-state index in [-0.39, 0.29) is 6.61 Å². The number of benzene rings is 1. The fourth-order valence-corrected chi connectivity index (χ4v) is 1.95. The van der Waals surface area contributed by atoms with Crippen molar-refractivity contribution in [1.29, 1.82) is 0 Å². The number of esters is 2. The summed E-state index contributed by atoms with van der Waals surface area (Å²) < 4.78 is 15.0. The molecule has 1 aromatic carbocycles. The van der Waals surface area contributed by atoms with Gasteiger partial charge in [-0.3, -0.25) is 4.79 Å². The highest BCUT2D eigenvalue weighted by molar-refractivity contribution is 5.87. The van der Waals surface area contributed by atoms with Gasteiger partial charge in [0.25, 0.3) is 0 Å². The van der Waals surface area contributed by atoms with E-state index in [0.29, 0.717) is 0 Å². The Morgan fingerprint density at radius 2 is 1.68 bits per heavy atom. The molecule has 0 aromatic heterocycles. The lowest BCUT2D eigenvalue weighted by Crippen LogP contribution is -2.49. The van der Waals surface area contributed by atoms with Crippen LogP contribution in [0.3, 0.4) is 0 Å². The third-order valence-electron chi connectivity index (χ3n) is 3.22. The number of hydrogen-bond donors (Lipinski definition) is 1. The predicted molar refractivity (Wildman–Crippen MR) is 90.6 cm³/mol. The molecule has 0 aliphatic heterocycles. The summed E-state index contributed by atoms with van der Waals surface area (Å²) in [5.74, 6) is -2.32. The highest BCUT2D eigenvalue weighted by atomic mass is 16.6. The Balaban J connectivity index is 2.71. The summed E-state index contributed by atoms with van der Waals surface area (Å²) in [7, 11) is 1.17. The van der Waals surface area contributed by atoms with Crippen LogP contribution in [0.25, 0.3) is 0 Å². The van der Waals surface area contributed by atoms with Crippen LogP contribution in [-0.2, 0) is 30.4 Å². The molecule has 0 aliphatic carbocycles. The van der Waals surface area contributed by atoms with Crippen LogP contribution in [0, 0.1) is 5.92 Å². The molecule has 0 saturated heterocycles. The number of carbonyl (C=O) groups is 3. The molecular weight excluding hydrogens is 326 g/mol. The van der Waals surface area contributed by atoms with Gasteiger partial charge in [0.15, 0.2) is 0 Å². The van der Waals surface area contributed by atoms with Crippen LogP contribution in [0.1, 0.15) is 33.3 Å². The minimum absolute atomic E-state index is 0.0738. The monoisotopic (exact) mass is 351 g/mol. The first kappa shape index (κ1) is 20.5. The second-order valence-electron chi connectivity index (χ2n) is 6.53. The topological polar surface area (TPSA) is 90.9 Å². The van der Waals surface area contributed by atoms with Gasteiger partial charge in [-0.05, 0) is 33.3 Å². The van der Waals surface area contributed by atoms with Gasteiger partial charge in [0.05, 0.1) is 13.0 Å². The third-order valence-corrected chi connectivity index (χ3v) is 3.22. The molecular formula is C18H25NO6. The first-order valence-corrected chi connectivity index (χ1v) is 7.92. The number of alkyl carbamates (subject to hydrolysis) is 1. The predicted octanol–water partition coefficient (Wildman–Crippen LogP) is 2.43. The molecule has 0 saturated carbocycles. The van der Waals surface area contributed by atoms with Crippen LogP contribution >= 0.6 is 0 Å². The lowest BCUT2D eigenvalue weighted by molar-refractivity contribution is -0.156. The maximum Gasteiger partial charge on any atom is 0.408 e. The van der Waals surface area contributed by atoms with Crippen molar-refractivity contribution >= 4 is 18.0 Å². The zero-order chi connectivity index (χ0) is 19.0. The maximum absolute atomic E-state index is 12.2. The molecule has 1 amide bonds. The molecule has 1 rings (SSSR count). The largest absolute Gasteiger partial charge is 0.467 e. The van der Waals surface area contributed by atoms with Crippen molar-refractivity contribution in [2.75, 3.05) is 7.11 Å². The average Bonchev–Trinajstić information content (AvgIpc) is 2.55. The summed E-state index contributed by atoms with van der Waals surface area (Å²) >= 11 is 0. The van der Waals surface area contributed by atoms with Gasteiger partial charge in [-0.1, -0.05) is 30.3 Å². The lowest BCUT2D eigenvalue weighted by Gasteiger charge is -2.25. The minimum Gasteiger partial charge on any atom is -0.467 e. The molecule has 7 heteroatoms. The molecule has 1 aromatic rings. The standard InChI is InChI=1S/C18H25NO6/c1-12(15(20)24-11-13-9-7-6-8-10-13)14(16(21)23-5)19-17(22)25-18(2,3)4/h6-10,12,14H,11H2,1-5H3,(H,19,22)/t12-,14-/m0/s1. The normalized spacial score (nSPS) is 13.3. The van der Waals surface area contributed by atoms with E-state index in [1.807, 2.05) is 30.3 Å². The smallest absolute Gasteiger partial charge is 0.408 e. The number of carbonyl (C=O) groups excluding carboxylic acids is 3. The fraction of sp³-hybridized carbons (Fsp3) is 0.500. The second kappa shape index (κ2) is 9.05.